The Hall–Kier alpha value is -4.05. The molecule has 156 valence electrons. The molecular weight excluding hydrogens is 418 g/mol. The first-order valence-electron chi connectivity index (χ1n) is 9.15. The van der Waals surface area contributed by atoms with Crippen LogP contribution in [0.15, 0.2) is 60.5 Å². The molecule has 0 radical (unpaired) electrons. The van der Waals surface area contributed by atoms with Crippen LogP contribution in [0.25, 0.3) is 16.9 Å². The smallest absolute Gasteiger partial charge is 0.294 e. The highest BCUT2D eigenvalue weighted by Gasteiger charge is 2.20. The van der Waals surface area contributed by atoms with Crippen molar-refractivity contribution in [1.29, 1.82) is 0 Å². The van der Waals surface area contributed by atoms with Crippen LogP contribution in [0.4, 0.5) is 10.8 Å². The van der Waals surface area contributed by atoms with Gasteiger partial charge in [0.1, 0.15) is 11.4 Å². The van der Waals surface area contributed by atoms with Gasteiger partial charge in [0.2, 0.25) is 0 Å². The van der Waals surface area contributed by atoms with Crippen molar-refractivity contribution < 1.29 is 14.5 Å². The summed E-state index contributed by atoms with van der Waals surface area (Å²) < 4.78 is 6.91. The number of hydrogen-bond acceptors (Lipinski definition) is 7. The van der Waals surface area contributed by atoms with Crippen molar-refractivity contribution in [2.45, 2.75) is 6.92 Å². The van der Waals surface area contributed by atoms with Gasteiger partial charge >= 0.3 is 0 Å². The Morgan fingerprint density at radius 1 is 1.26 bits per heavy atom. The maximum absolute atomic E-state index is 12.7. The Kier molecular flexibility index (Phi) is 5.46. The molecule has 0 saturated carbocycles. The zero-order valence-corrected chi connectivity index (χ0v) is 17.4. The Bertz CT molecular complexity index is 1270. The molecule has 2 aromatic heterocycles. The molecule has 1 N–H and O–H groups in total. The topological polar surface area (TPSA) is 112 Å². The number of anilines is 1. The summed E-state index contributed by atoms with van der Waals surface area (Å²) in [7, 11) is 1.59. The summed E-state index contributed by atoms with van der Waals surface area (Å²) in [6.45, 7) is 1.97. The molecule has 10 heteroatoms. The van der Waals surface area contributed by atoms with Crippen molar-refractivity contribution in [3.05, 3.63) is 81.7 Å². The van der Waals surface area contributed by atoms with Crippen molar-refractivity contribution >= 4 is 28.1 Å². The van der Waals surface area contributed by atoms with Gasteiger partial charge in [-0.1, -0.05) is 11.6 Å². The number of aromatic nitrogens is 3. The molecule has 2 heterocycles. The highest BCUT2D eigenvalue weighted by atomic mass is 32.1. The number of methoxy groups -OCH3 is 1. The van der Waals surface area contributed by atoms with E-state index in [1.54, 1.807) is 13.3 Å². The molecule has 31 heavy (non-hydrogen) atoms. The second kappa shape index (κ2) is 8.36. The summed E-state index contributed by atoms with van der Waals surface area (Å²) in [5, 5.41) is 16.4. The van der Waals surface area contributed by atoms with E-state index in [0.717, 1.165) is 11.1 Å². The monoisotopic (exact) mass is 435 g/mol. The predicted octanol–water partition coefficient (Wildman–Crippen LogP) is 4.47. The quantitative estimate of drug-likeness (QED) is 0.353. The van der Waals surface area contributed by atoms with Gasteiger partial charge in [-0.2, -0.15) is 0 Å². The molecule has 0 saturated heterocycles. The summed E-state index contributed by atoms with van der Waals surface area (Å²) in [5.41, 5.74) is 2.82. The van der Waals surface area contributed by atoms with Gasteiger partial charge in [0.05, 0.1) is 24.1 Å². The van der Waals surface area contributed by atoms with Crippen LogP contribution >= 0.6 is 11.3 Å². The number of nitrogens with zero attached hydrogens (tertiary/aromatic N) is 4. The highest BCUT2D eigenvalue weighted by Crippen LogP contribution is 2.33. The van der Waals surface area contributed by atoms with Gasteiger partial charge < -0.3 is 9.30 Å². The second-order valence-electron chi connectivity index (χ2n) is 6.63. The number of imidazole rings is 1. The van der Waals surface area contributed by atoms with Crippen LogP contribution in [-0.4, -0.2) is 32.5 Å². The molecule has 1 amide bonds. The van der Waals surface area contributed by atoms with E-state index in [4.69, 9.17) is 4.74 Å². The second-order valence-corrected chi connectivity index (χ2v) is 7.48. The van der Waals surface area contributed by atoms with E-state index in [1.807, 2.05) is 30.5 Å². The van der Waals surface area contributed by atoms with E-state index in [0.29, 0.717) is 22.3 Å². The number of nitro benzene ring substituents is 1. The lowest BCUT2D eigenvalue weighted by Gasteiger charge is -2.07. The third-order valence-electron chi connectivity index (χ3n) is 4.57. The van der Waals surface area contributed by atoms with E-state index in [-0.39, 0.29) is 11.3 Å². The van der Waals surface area contributed by atoms with Crippen LogP contribution in [0.5, 0.6) is 5.75 Å². The van der Waals surface area contributed by atoms with Gasteiger partial charge in [-0.15, -0.1) is 11.3 Å². The lowest BCUT2D eigenvalue weighted by molar-refractivity contribution is -0.384. The summed E-state index contributed by atoms with van der Waals surface area (Å²) in [6, 6.07) is 10.0. The molecule has 0 spiro atoms. The zero-order valence-electron chi connectivity index (χ0n) is 16.6. The Morgan fingerprint density at radius 3 is 2.81 bits per heavy atom. The molecule has 9 nitrogen and oxygen atoms in total. The highest BCUT2D eigenvalue weighted by molar-refractivity contribution is 7.14. The minimum absolute atomic E-state index is 0.153. The number of aryl methyl sites for hydroxylation is 1. The molecule has 4 rings (SSSR count). The first-order chi connectivity index (χ1) is 15.0. The summed E-state index contributed by atoms with van der Waals surface area (Å²) in [6.07, 6.45) is 4.57. The fourth-order valence-corrected chi connectivity index (χ4v) is 3.78. The van der Waals surface area contributed by atoms with Crippen LogP contribution in [-0.2, 0) is 0 Å². The van der Waals surface area contributed by atoms with Gasteiger partial charge in [0.15, 0.2) is 5.13 Å². The molecule has 0 aliphatic heterocycles. The van der Waals surface area contributed by atoms with Crippen molar-refractivity contribution in [3.63, 3.8) is 0 Å². The number of benzene rings is 2. The molecule has 0 aliphatic rings. The van der Waals surface area contributed by atoms with Gasteiger partial charge in [-0.05, 0) is 31.2 Å². The number of ether oxygens (including phenoxy) is 1. The molecule has 0 aliphatic carbocycles. The molecule has 0 bridgehead atoms. The minimum Gasteiger partial charge on any atom is -0.496 e. The Labute approximate surface area is 181 Å². The zero-order chi connectivity index (χ0) is 22.0. The molecule has 2 aromatic carbocycles. The number of carbonyl (C=O) groups excluding carboxylic acids is 1. The van der Waals surface area contributed by atoms with E-state index in [2.05, 4.69) is 15.3 Å². The van der Waals surface area contributed by atoms with E-state index < -0.39 is 10.8 Å². The fourth-order valence-electron chi connectivity index (χ4n) is 3.08. The van der Waals surface area contributed by atoms with Crippen molar-refractivity contribution in [3.8, 4) is 22.7 Å². The van der Waals surface area contributed by atoms with Gasteiger partial charge in [-0.3, -0.25) is 20.2 Å². The Balaban J connectivity index is 1.59. The molecule has 0 atom stereocenters. The lowest BCUT2D eigenvalue weighted by Crippen LogP contribution is -2.12. The fraction of sp³-hybridized carbons (Fsp3) is 0.0952. The minimum atomic E-state index is -0.530. The van der Waals surface area contributed by atoms with Gasteiger partial charge in [0.25, 0.3) is 11.6 Å². The molecule has 4 aromatic rings. The maximum atomic E-state index is 12.7. The number of amides is 1. The maximum Gasteiger partial charge on any atom is 0.294 e. The third kappa shape index (κ3) is 4.14. The molecular formula is C21H17N5O4S. The van der Waals surface area contributed by atoms with Crippen LogP contribution in [0.2, 0.25) is 0 Å². The largest absolute Gasteiger partial charge is 0.496 e. The standard InChI is InChI=1S/C21H17N5O4S/c1-13-3-6-19(30-2)15(9-13)16-11-31-21(23-16)24-20(27)14-4-5-17(18(10-14)26(28)29)25-8-7-22-12-25/h3-12H,1-2H3,(H,23,24,27). The average molecular weight is 435 g/mol. The third-order valence-corrected chi connectivity index (χ3v) is 5.33. The molecule has 0 unspecified atom stereocenters. The lowest BCUT2D eigenvalue weighted by atomic mass is 10.1. The molecule has 0 fully saturated rings. The number of rotatable bonds is 6. The summed E-state index contributed by atoms with van der Waals surface area (Å²) in [5.74, 6) is 0.192. The normalized spacial score (nSPS) is 10.6. The van der Waals surface area contributed by atoms with E-state index in [9.17, 15) is 14.9 Å². The number of thiazole rings is 1. The van der Waals surface area contributed by atoms with Crippen LogP contribution in [0.3, 0.4) is 0 Å². The van der Waals surface area contributed by atoms with Crippen molar-refractivity contribution in [2.24, 2.45) is 0 Å². The van der Waals surface area contributed by atoms with Crippen LogP contribution in [0.1, 0.15) is 15.9 Å². The van der Waals surface area contributed by atoms with Crippen LogP contribution in [0, 0.1) is 17.0 Å². The van der Waals surface area contributed by atoms with Gasteiger partial charge in [0, 0.05) is 35.0 Å². The van der Waals surface area contributed by atoms with Crippen LogP contribution < -0.4 is 10.1 Å². The first-order valence-corrected chi connectivity index (χ1v) is 10.0. The number of hydrogen-bond donors (Lipinski definition) is 1. The number of nitrogens with one attached hydrogen (secondary N) is 1. The first kappa shape index (κ1) is 20.2. The Morgan fingerprint density at radius 2 is 2.10 bits per heavy atom. The van der Waals surface area contributed by atoms with Crippen molar-refractivity contribution in [2.75, 3.05) is 12.4 Å². The van der Waals surface area contributed by atoms with E-state index in [1.165, 1.54) is 46.6 Å². The van der Waals surface area contributed by atoms with Gasteiger partial charge in [-0.25, -0.2) is 9.97 Å². The summed E-state index contributed by atoms with van der Waals surface area (Å²) >= 11 is 1.26. The SMILES string of the molecule is COc1ccc(C)cc1-c1csc(NC(=O)c2ccc(-n3ccnc3)c([N+](=O)[O-])c2)n1. The summed E-state index contributed by atoms with van der Waals surface area (Å²) in [4.78, 5) is 32.1. The van der Waals surface area contributed by atoms with E-state index >= 15 is 0 Å². The average Bonchev–Trinajstić information content (AvgIpc) is 3.45. The predicted molar refractivity (Wildman–Crippen MR) is 117 cm³/mol. The van der Waals surface area contributed by atoms with Crippen molar-refractivity contribution in [1.82, 2.24) is 14.5 Å². The number of carbonyl (C=O) groups is 1. The number of nitro groups is 1.